The molecule has 0 aliphatic heterocycles. The predicted molar refractivity (Wildman–Crippen MR) is 52.5 cm³/mol. The molecule has 0 heterocycles. The van der Waals surface area contributed by atoms with Crippen molar-refractivity contribution in [2.24, 2.45) is 5.92 Å². The maximum absolute atomic E-state index is 5.48. The van der Waals surface area contributed by atoms with Crippen molar-refractivity contribution in [2.75, 3.05) is 13.2 Å². The van der Waals surface area contributed by atoms with E-state index in [1.807, 2.05) is 13.8 Å². The molecule has 1 atom stereocenters. The highest BCUT2D eigenvalue weighted by atomic mass is 79.9. The summed E-state index contributed by atoms with van der Waals surface area (Å²) in [5.41, 5.74) is 0. The van der Waals surface area contributed by atoms with Crippen molar-refractivity contribution in [3.8, 4) is 0 Å². The maximum Gasteiger partial charge on any atom is 0.170 e. The summed E-state index contributed by atoms with van der Waals surface area (Å²) in [7, 11) is 0. The van der Waals surface area contributed by atoms with Gasteiger partial charge in [0.15, 0.2) is 6.29 Å². The van der Waals surface area contributed by atoms with Gasteiger partial charge >= 0.3 is 0 Å². The molecule has 1 aliphatic carbocycles. The van der Waals surface area contributed by atoms with Crippen LogP contribution >= 0.6 is 15.9 Å². The SMILES string of the molecule is CCOC(OCC)C(Br)C1CC1. The fraction of sp³-hybridized carbons (Fsp3) is 1.00. The molecule has 3 heteroatoms. The van der Waals surface area contributed by atoms with Gasteiger partial charge in [-0.05, 0) is 32.6 Å². The standard InChI is InChI=1S/C9H17BrO2/c1-3-11-9(12-4-2)8(10)7-5-6-7/h7-9H,3-6H2,1-2H3. The molecule has 12 heavy (non-hydrogen) atoms. The lowest BCUT2D eigenvalue weighted by atomic mass is 10.3. The first kappa shape index (κ1) is 10.5. The van der Waals surface area contributed by atoms with Gasteiger partial charge in [-0.1, -0.05) is 15.9 Å². The lowest BCUT2D eigenvalue weighted by molar-refractivity contribution is -0.136. The first-order chi connectivity index (χ1) is 5.79. The second kappa shape index (κ2) is 5.20. The molecule has 0 N–H and O–H groups in total. The molecule has 0 aromatic carbocycles. The van der Waals surface area contributed by atoms with Gasteiger partial charge in [-0.3, -0.25) is 0 Å². The van der Waals surface area contributed by atoms with Gasteiger partial charge in [0.2, 0.25) is 0 Å². The molecule has 0 amide bonds. The van der Waals surface area contributed by atoms with E-state index in [0.717, 1.165) is 19.1 Å². The van der Waals surface area contributed by atoms with E-state index in [9.17, 15) is 0 Å². The van der Waals surface area contributed by atoms with Gasteiger partial charge in [-0.15, -0.1) is 0 Å². The largest absolute Gasteiger partial charge is 0.352 e. The van der Waals surface area contributed by atoms with Crippen LogP contribution in [0.5, 0.6) is 0 Å². The number of ether oxygens (including phenoxy) is 2. The Morgan fingerprint density at radius 1 is 1.25 bits per heavy atom. The van der Waals surface area contributed by atoms with Crippen LogP contribution in [0, 0.1) is 5.92 Å². The average Bonchev–Trinajstić information content (AvgIpc) is 2.85. The molecule has 0 bridgehead atoms. The summed E-state index contributed by atoms with van der Waals surface area (Å²) in [5.74, 6) is 0.771. The van der Waals surface area contributed by atoms with Crippen LogP contribution in [0.2, 0.25) is 0 Å². The van der Waals surface area contributed by atoms with Crippen molar-refractivity contribution in [3.05, 3.63) is 0 Å². The Hall–Kier alpha value is 0.400. The van der Waals surface area contributed by atoms with E-state index < -0.39 is 0 Å². The van der Waals surface area contributed by atoms with Gasteiger partial charge in [0.1, 0.15) is 0 Å². The van der Waals surface area contributed by atoms with Gasteiger partial charge in [-0.25, -0.2) is 0 Å². The van der Waals surface area contributed by atoms with Crippen molar-refractivity contribution >= 4 is 15.9 Å². The summed E-state index contributed by atoms with van der Waals surface area (Å²) in [6.07, 6.45) is 2.58. The monoisotopic (exact) mass is 236 g/mol. The van der Waals surface area contributed by atoms with Gasteiger partial charge in [0.05, 0.1) is 4.83 Å². The predicted octanol–water partition coefficient (Wildman–Crippen LogP) is 2.56. The number of halogens is 1. The first-order valence-electron chi connectivity index (χ1n) is 4.66. The lowest BCUT2D eigenvalue weighted by Crippen LogP contribution is -2.29. The minimum atomic E-state index is -0.0486. The molecule has 0 saturated heterocycles. The molecule has 2 nitrogen and oxygen atoms in total. The van der Waals surface area contributed by atoms with Crippen LogP contribution in [-0.4, -0.2) is 24.3 Å². The van der Waals surface area contributed by atoms with E-state index in [2.05, 4.69) is 15.9 Å². The zero-order chi connectivity index (χ0) is 8.97. The van der Waals surface area contributed by atoms with Crippen LogP contribution in [0.3, 0.4) is 0 Å². The Kier molecular flexibility index (Phi) is 4.54. The van der Waals surface area contributed by atoms with Crippen LogP contribution in [0.15, 0.2) is 0 Å². The highest BCUT2D eigenvalue weighted by molar-refractivity contribution is 9.09. The minimum absolute atomic E-state index is 0.0486. The number of hydrogen-bond acceptors (Lipinski definition) is 2. The molecule has 1 fully saturated rings. The molecule has 1 aliphatic rings. The molecule has 0 aromatic heterocycles. The molecule has 0 radical (unpaired) electrons. The third kappa shape index (κ3) is 3.04. The van der Waals surface area contributed by atoms with Gasteiger partial charge in [0.25, 0.3) is 0 Å². The van der Waals surface area contributed by atoms with Crippen molar-refractivity contribution in [1.29, 1.82) is 0 Å². The lowest BCUT2D eigenvalue weighted by Gasteiger charge is -2.21. The summed E-state index contributed by atoms with van der Waals surface area (Å²) in [4.78, 5) is 0.386. The van der Waals surface area contributed by atoms with Crippen LogP contribution in [0.4, 0.5) is 0 Å². The van der Waals surface area contributed by atoms with Gasteiger partial charge < -0.3 is 9.47 Å². The van der Waals surface area contributed by atoms with E-state index in [-0.39, 0.29) is 6.29 Å². The third-order valence-corrected chi connectivity index (χ3v) is 3.17. The van der Waals surface area contributed by atoms with E-state index in [0.29, 0.717) is 4.83 Å². The summed E-state index contributed by atoms with van der Waals surface area (Å²) in [6, 6.07) is 0. The van der Waals surface area contributed by atoms with Crippen molar-refractivity contribution in [3.63, 3.8) is 0 Å². The number of hydrogen-bond donors (Lipinski definition) is 0. The topological polar surface area (TPSA) is 18.5 Å². The van der Waals surface area contributed by atoms with Gasteiger partial charge in [-0.2, -0.15) is 0 Å². The Balaban J connectivity index is 2.28. The number of alkyl halides is 1. The average molecular weight is 237 g/mol. The third-order valence-electron chi connectivity index (χ3n) is 1.99. The molecular weight excluding hydrogens is 220 g/mol. The quantitative estimate of drug-likeness (QED) is 0.522. The zero-order valence-corrected chi connectivity index (χ0v) is 9.34. The molecular formula is C9H17BrO2. The summed E-state index contributed by atoms with van der Waals surface area (Å²) >= 11 is 3.62. The second-order valence-corrected chi connectivity index (χ2v) is 4.12. The maximum atomic E-state index is 5.48. The molecule has 0 spiro atoms. The highest BCUT2D eigenvalue weighted by Crippen LogP contribution is 2.39. The first-order valence-corrected chi connectivity index (χ1v) is 5.58. The zero-order valence-electron chi connectivity index (χ0n) is 7.75. The smallest absolute Gasteiger partial charge is 0.170 e. The summed E-state index contributed by atoms with van der Waals surface area (Å²) < 4.78 is 11.0. The van der Waals surface area contributed by atoms with E-state index in [4.69, 9.17) is 9.47 Å². The number of rotatable bonds is 6. The second-order valence-electron chi connectivity index (χ2n) is 3.06. The summed E-state index contributed by atoms with van der Waals surface area (Å²) in [6.45, 7) is 5.44. The molecule has 1 saturated carbocycles. The Labute approximate surface area is 82.7 Å². The van der Waals surface area contributed by atoms with Crippen molar-refractivity contribution in [1.82, 2.24) is 0 Å². The Morgan fingerprint density at radius 2 is 1.75 bits per heavy atom. The van der Waals surface area contributed by atoms with Crippen molar-refractivity contribution in [2.45, 2.75) is 37.8 Å². The van der Waals surface area contributed by atoms with Crippen LogP contribution in [0.1, 0.15) is 26.7 Å². The van der Waals surface area contributed by atoms with Crippen LogP contribution in [0.25, 0.3) is 0 Å². The highest BCUT2D eigenvalue weighted by Gasteiger charge is 2.35. The molecule has 1 unspecified atom stereocenters. The summed E-state index contributed by atoms with van der Waals surface area (Å²) in [5, 5.41) is 0. The van der Waals surface area contributed by atoms with Gasteiger partial charge in [0, 0.05) is 13.2 Å². The fourth-order valence-corrected chi connectivity index (χ4v) is 2.03. The molecule has 72 valence electrons. The molecule has 0 aromatic rings. The van der Waals surface area contributed by atoms with Crippen molar-refractivity contribution < 1.29 is 9.47 Å². The Morgan fingerprint density at radius 3 is 2.08 bits per heavy atom. The van der Waals surface area contributed by atoms with E-state index in [1.54, 1.807) is 0 Å². The van der Waals surface area contributed by atoms with E-state index >= 15 is 0 Å². The minimum Gasteiger partial charge on any atom is -0.352 e. The van der Waals surface area contributed by atoms with Crippen LogP contribution in [-0.2, 0) is 9.47 Å². The van der Waals surface area contributed by atoms with E-state index in [1.165, 1.54) is 12.8 Å². The molecule has 1 rings (SSSR count). The normalized spacial score (nSPS) is 20.0. The Bertz CT molecular complexity index is 120. The van der Waals surface area contributed by atoms with Crippen LogP contribution < -0.4 is 0 Å². The fourth-order valence-electron chi connectivity index (χ4n) is 1.20.